The van der Waals surface area contributed by atoms with Crippen molar-refractivity contribution in [2.75, 3.05) is 13.2 Å². The third kappa shape index (κ3) is 4.09. The number of alkyl halides is 3. The number of amides is 2. The Morgan fingerprint density at radius 2 is 1.95 bits per heavy atom. The molecule has 0 saturated carbocycles. The topological polar surface area (TPSA) is 58.6 Å². The lowest BCUT2D eigenvalue weighted by atomic mass is 9.89. The minimum atomic E-state index is -4.75. The zero-order chi connectivity index (χ0) is 16.4. The van der Waals surface area contributed by atoms with Crippen LogP contribution in [-0.2, 0) is 14.3 Å². The Balaban J connectivity index is 2.85. The van der Waals surface area contributed by atoms with Crippen LogP contribution >= 0.6 is 0 Å². The van der Waals surface area contributed by atoms with E-state index in [0.29, 0.717) is 6.42 Å². The van der Waals surface area contributed by atoms with Crippen LogP contribution in [-0.4, -0.2) is 47.8 Å². The van der Waals surface area contributed by atoms with E-state index >= 15 is 0 Å². The average Bonchev–Trinajstić information content (AvgIpc) is 2.36. The first-order valence-electron chi connectivity index (χ1n) is 6.83. The molecule has 0 aromatic carbocycles. The smallest absolute Gasteiger partial charge is 0.342 e. The van der Waals surface area contributed by atoms with E-state index in [9.17, 15) is 22.8 Å². The molecule has 122 valence electrons. The van der Waals surface area contributed by atoms with Crippen LogP contribution in [0.1, 0.15) is 34.1 Å². The highest BCUT2D eigenvalue weighted by atomic mass is 19.4. The Labute approximate surface area is 121 Å². The van der Waals surface area contributed by atoms with Gasteiger partial charge in [0.15, 0.2) is 0 Å². The standard InChI is InChI=1S/C13H21F3N2O3/c1-5-8(2)9-10(19)18(6-7-21-13(14,15)16)12(3,4)11(20)17-9/h8-9H,5-7H2,1-4H3,(H,17,20). The fourth-order valence-corrected chi connectivity index (χ4v) is 2.21. The second-order valence-electron chi connectivity index (χ2n) is 5.68. The molecule has 1 saturated heterocycles. The van der Waals surface area contributed by atoms with E-state index in [1.807, 2.05) is 13.8 Å². The summed E-state index contributed by atoms with van der Waals surface area (Å²) < 4.78 is 39.8. The molecule has 0 aliphatic carbocycles. The number of piperazine rings is 1. The normalized spacial score (nSPS) is 24.0. The highest BCUT2D eigenvalue weighted by Gasteiger charge is 2.47. The molecule has 0 spiro atoms. The Bertz CT molecular complexity index is 410. The molecular weight excluding hydrogens is 289 g/mol. The Morgan fingerprint density at radius 3 is 2.43 bits per heavy atom. The summed E-state index contributed by atoms with van der Waals surface area (Å²) in [6.45, 7) is 5.71. The predicted molar refractivity (Wildman–Crippen MR) is 69.2 cm³/mol. The van der Waals surface area contributed by atoms with Crippen LogP contribution in [0.4, 0.5) is 13.2 Å². The third-order valence-electron chi connectivity index (χ3n) is 3.84. The Morgan fingerprint density at radius 1 is 1.38 bits per heavy atom. The van der Waals surface area contributed by atoms with Crippen molar-refractivity contribution in [1.82, 2.24) is 10.2 Å². The minimum Gasteiger partial charge on any atom is -0.342 e. The van der Waals surface area contributed by atoms with Gasteiger partial charge in [-0.25, -0.2) is 0 Å². The lowest BCUT2D eigenvalue weighted by molar-refractivity contribution is -0.325. The Hall–Kier alpha value is -1.31. The molecular formula is C13H21F3N2O3. The van der Waals surface area contributed by atoms with Crippen LogP contribution in [0.5, 0.6) is 0 Å². The fourth-order valence-electron chi connectivity index (χ4n) is 2.21. The van der Waals surface area contributed by atoms with Gasteiger partial charge in [0, 0.05) is 6.54 Å². The molecule has 21 heavy (non-hydrogen) atoms. The van der Waals surface area contributed by atoms with Gasteiger partial charge in [0.25, 0.3) is 0 Å². The van der Waals surface area contributed by atoms with Gasteiger partial charge in [-0.2, -0.15) is 0 Å². The second kappa shape index (κ2) is 6.21. The molecule has 1 rings (SSSR count). The molecule has 8 heteroatoms. The largest absolute Gasteiger partial charge is 0.522 e. The first kappa shape index (κ1) is 17.7. The molecule has 0 radical (unpaired) electrons. The van der Waals surface area contributed by atoms with Crippen LogP contribution in [0.2, 0.25) is 0 Å². The van der Waals surface area contributed by atoms with Crippen LogP contribution in [0.3, 0.4) is 0 Å². The van der Waals surface area contributed by atoms with Gasteiger partial charge in [-0.05, 0) is 19.8 Å². The molecule has 1 N–H and O–H groups in total. The van der Waals surface area contributed by atoms with Crippen molar-refractivity contribution >= 4 is 11.8 Å². The zero-order valence-corrected chi connectivity index (χ0v) is 12.6. The van der Waals surface area contributed by atoms with Crippen molar-refractivity contribution in [3.63, 3.8) is 0 Å². The summed E-state index contributed by atoms with van der Waals surface area (Å²) in [7, 11) is 0. The SMILES string of the molecule is CCC(C)C1NC(=O)C(C)(C)N(CCOC(F)(F)F)C1=O. The van der Waals surface area contributed by atoms with E-state index in [2.05, 4.69) is 10.1 Å². The number of ether oxygens (including phenoxy) is 1. The van der Waals surface area contributed by atoms with Crippen molar-refractivity contribution in [2.45, 2.75) is 52.1 Å². The van der Waals surface area contributed by atoms with Gasteiger partial charge < -0.3 is 10.2 Å². The first-order valence-corrected chi connectivity index (χ1v) is 6.83. The summed E-state index contributed by atoms with van der Waals surface area (Å²) >= 11 is 0. The van der Waals surface area contributed by atoms with E-state index in [1.54, 1.807) is 0 Å². The molecule has 0 aromatic heterocycles. The maximum Gasteiger partial charge on any atom is 0.522 e. The average molecular weight is 310 g/mol. The van der Waals surface area contributed by atoms with Gasteiger partial charge in [-0.1, -0.05) is 20.3 Å². The summed E-state index contributed by atoms with van der Waals surface area (Å²) in [5, 5.41) is 2.65. The predicted octanol–water partition coefficient (Wildman–Crippen LogP) is 1.67. The minimum absolute atomic E-state index is 0.0939. The molecule has 1 aliphatic heterocycles. The zero-order valence-electron chi connectivity index (χ0n) is 12.6. The van der Waals surface area contributed by atoms with Gasteiger partial charge in [0.05, 0.1) is 6.61 Å². The van der Waals surface area contributed by atoms with E-state index in [0.717, 1.165) is 4.90 Å². The maximum absolute atomic E-state index is 12.4. The number of hydrogen-bond donors (Lipinski definition) is 1. The summed E-state index contributed by atoms with van der Waals surface area (Å²) in [6, 6.07) is -0.707. The van der Waals surface area contributed by atoms with E-state index < -0.39 is 24.6 Å². The Kier molecular flexibility index (Phi) is 5.25. The van der Waals surface area contributed by atoms with E-state index in [-0.39, 0.29) is 24.3 Å². The van der Waals surface area contributed by atoms with E-state index in [4.69, 9.17) is 0 Å². The molecule has 1 heterocycles. The number of nitrogens with one attached hydrogen (secondary N) is 1. The fraction of sp³-hybridized carbons (Fsp3) is 0.846. The molecule has 0 aromatic rings. The van der Waals surface area contributed by atoms with Crippen molar-refractivity contribution in [3.05, 3.63) is 0 Å². The number of halogens is 3. The highest BCUT2D eigenvalue weighted by molar-refractivity contribution is 5.99. The number of carbonyl (C=O) groups excluding carboxylic acids is 2. The summed E-state index contributed by atoms with van der Waals surface area (Å²) in [6.07, 6.45) is -4.08. The van der Waals surface area contributed by atoms with Gasteiger partial charge >= 0.3 is 6.36 Å². The first-order chi connectivity index (χ1) is 9.50. The van der Waals surface area contributed by atoms with Gasteiger partial charge in [-0.3, -0.25) is 14.3 Å². The van der Waals surface area contributed by atoms with Gasteiger partial charge in [0.2, 0.25) is 11.8 Å². The van der Waals surface area contributed by atoms with Gasteiger partial charge in [0.1, 0.15) is 11.6 Å². The summed E-state index contributed by atoms with van der Waals surface area (Å²) in [4.78, 5) is 25.7. The second-order valence-corrected chi connectivity index (χ2v) is 5.68. The maximum atomic E-state index is 12.4. The van der Waals surface area contributed by atoms with Crippen molar-refractivity contribution < 1.29 is 27.5 Å². The third-order valence-corrected chi connectivity index (χ3v) is 3.84. The van der Waals surface area contributed by atoms with Crippen molar-refractivity contribution in [2.24, 2.45) is 5.92 Å². The molecule has 2 unspecified atom stereocenters. The van der Waals surface area contributed by atoms with Crippen LogP contribution < -0.4 is 5.32 Å². The van der Waals surface area contributed by atoms with E-state index in [1.165, 1.54) is 13.8 Å². The lowest BCUT2D eigenvalue weighted by Gasteiger charge is -2.45. The number of nitrogens with zero attached hydrogens (tertiary/aromatic N) is 1. The molecule has 1 aliphatic rings. The molecule has 5 nitrogen and oxygen atoms in total. The molecule has 1 fully saturated rings. The van der Waals surface area contributed by atoms with Crippen LogP contribution in [0.15, 0.2) is 0 Å². The number of rotatable bonds is 5. The molecule has 2 atom stereocenters. The van der Waals surface area contributed by atoms with Gasteiger partial charge in [-0.15, -0.1) is 13.2 Å². The molecule has 0 bridgehead atoms. The lowest BCUT2D eigenvalue weighted by Crippen LogP contribution is -2.70. The summed E-state index contributed by atoms with van der Waals surface area (Å²) in [5.74, 6) is -0.845. The highest BCUT2D eigenvalue weighted by Crippen LogP contribution is 2.25. The summed E-state index contributed by atoms with van der Waals surface area (Å²) in [5.41, 5.74) is -1.20. The molecule has 2 amide bonds. The number of carbonyl (C=O) groups is 2. The number of hydrogen-bond acceptors (Lipinski definition) is 3. The van der Waals surface area contributed by atoms with Crippen LogP contribution in [0.25, 0.3) is 0 Å². The van der Waals surface area contributed by atoms with Crippen LogP contribution in [0, 0.1) is 5.92 Å². The van der Waals surface area contributed by atoms with Crippen molar-refractivity contribution in [1.29, 1.82) is 0 Å². The van der Waals surface area contributed by atoms with Crippen molar-refractivity contribution in [3.8, 4) is 0 Å². The monoisotopic (exact) mass is 310 g/mol. The quantitative estimate of drug-likeness (QED) is 0.840.